The minimum absolute atomic E-state index is 0.0668. The van der Waals surface area contributed by atoms with E-state index in [0.29, 0.717) is 19.1 Å². The van der Waals surface area contributed by atoms with E-state index in [4.69, 9.17) is 4.74 Å². The van der Waals surface area contributed by atoms with Crippen LogP contribution in [0.25, 0.3) is 0 Å². The maximum atomic E-state index is 12.3. The van der Waals surface area contributed by atoms with Gasteiger partial charge in [-0.1, -0.05) is 18.2 Å². The summed E-state index contributed by atoms with van der Waals surface area (Å²) in [5, 5.41) is 7.46. The van der Waals surface area contributed by atoms with Crippen LogP contribution < -0.4 is 10.1 Å². The lowest BCUT2D eigenvalue weighted by Crippen LogP contribution is -2.35. The molecule has 1 saturated heterocycles. The fourth-order valence-corrected chi connectivity index (χ4v) is 3.76. The van der Waals surface area contributed by atoms with Gasteiger partial charge in [0, 0.05) is 38.1 Å². The van der Waals surface area contributed by atoms with Crippen LogP contribution in [-0.4, -0.2) is 45.3 Å². The van der Waals surface area contributed by atoms with Gasteiger partial charge >= 0.3 is 0 Å². The average Bonchev–Trinajstić information content (AvgIpc) is 3.24. The van der Waals surface area contributed by atoms with E-state index < -0.39 is 0 Å². The number of carbonyl (C=O) groups is 1. The number of aromatic nitrogens is 3. The fraction of sp³-hybridized carbons (Fsp3) is 0.348. The van der Waals surface area contributed by atoms with Crippen molar-refractivity contribution in [3.63, 3.8) is 0 Å². The Bertz CT molecular complexity index is 921. The van der Waals surface area contributed by atoms with E-state index >= 15 is 0 Å². The maximum absolute atomic E-state index is 12.3. The van der Waals surface area contributed by atoms with Crippen LogP contribution in [0.2, 0.25) is 0 Å². The van der Waals surface area contributed by atoms with Gasteiger partial charge in [0.05, 0.1) is 25.3 Å². The molecule has 156 valence electrons. The first-order chi connectivity index (χ1) is 14.8. The first kappa shape index (κ1) is 20.1. The van der Waals surface area contributed by atoms with E-state index in [1.807, 2.05) is 53.5 Å². The van der Waals surface area contributed by atoms with E-state index in [-0.39, 0.29) is 5.91 Å². The number of nitrogens with one attached hydrogen (secondary N) is 1. The first-order valence-electron chi connectivity index (χ1n) is 10.4. The predicted molar refractivity (Wildman–Crippen MR) is 115 cm³/mol. The second-order valence-electron chi connectivity index (χ2n) is 7.48. The highest BCUT2D eigenvalue weighted by molar-refractivity contribution is 5.89. The molecule has 0 radical (unpaired) electrons. The molecule has 0 unspecified atom stereocenters. The van der Waals surface area contributed by atoms with Gasteiger partial charge in [-0.2, -0.15) is 5.10 Å². The van der Waals surface area contributed by atoms with Crippen LogP contribution in [0.5, 0.6) is 5.75 Å². The summed E-state index contributed by atoms with van der Waals surface area (Å²) in [6, 6.07) is 15.8. The molecule has 4 rings (SSSR count). The van der Waals surface area contributed by atoms with Gasteiger partial charge in [0.15, 0.2) is 0 Å². The zero-order chi connectivity index (χ0) is 20.6. The number of nitrogens with zero attached hydrogens (tertiary/aromatic N) is 4. The summed E-state index contributed by atoms with van der Waals surface area (Å²) >= 11 is 0. The molecule has 0 atom stereocenters. The Morgan fingerprint density at radius 2 is 1.80 bits per heavy atom. The Morgan fingerprint density at radius 3 is 2.57 bits per heavy atom. The molecule has 1 fully saturated rings. The van der Waals surface area contributed by atoms with Crippen LogP contribution in [0.3, 0.4) is 0 Å². The number of para-hydroxylation sites is 1. The molecule has 1 amide bonds. The van der Waals surface area contributed by atoms with Gasteiger partial charge < -0.3 is 10.1 Å². The van der Waals surface area contributed by atoms with E-state index in [2.05, 4.69) is 32.4 Å². The highest BCUT2D eigenvalue weighted by Gasteiger charge is 2.23. The van der Waals surface area contributed by atoms with Crippen LogP contribution in [0.15, 0.2) is 67.1 Å². The molecule has 1 aliphatic rings. The number of piperidine rings is 1. The zero-order valence-electron chi connectivity index (χ0n) is 17.0. The van der Waals surface area contributed by atoms with Crippen molar-refractivity contribution in [1.82, 2.24) is 19.7 Å². The van der Waals surface area contributed by atoms with Crippen LogP contribution in [-0.2, 0) is 11.3 Å². The Hall–Kier alpha value is -3.19. The molecule has 0 saturated carbocycles. The maximum Gasteiger partial charge on any atom is 0.228 e. The third-order valence-electron chi connectivity index (χ3n) is 5.34. The lowest BCUT2D eigenvalue weighted by Gasteiger charge is -2.32. The second kappa shape index (κ2) is 10.0. The highest BCUT2D eigenvalue weighted by Crippen LogP contribution is 2.26. The van der Waals surface area contributed by atoms with Crippen molar-refractivity contribution < 1.29 is 9.53 Å². The number of likely N-dealkylation sites (tertiary alicyclic amines) is 1. The topological polar surface area (TPSA) is 72.3 Å². The largest absolute Gasteiger partial charge is 0.493 e. The summed E-state index contributed by atoms with van der Waals surface area (Å²) in [6.45, 7) is 3.30. The SMILES string of the molecule is O=C(CCOc1ccccc1)Nc1ccnn1C1CCN(Cc2ccncc2)CC1. The first-order valence-corrected chi connectivity index (χ1v) is 10.4. The number of rotatable bonds is 8. The third kappa shape index (κ3) is 5.45. The number of carbonyl (C=O) groups excluding carboxylic acids is 1. The second-order valence-corrected chi connectivity index (χ2v) is 7.48. The van der Waals surface area contributed by atoms with E-state index in [1.165, 1.54) is 5.56 Å². The molecule has 1 aromatic carbocycles. The number of amides is 1. The molecule has 1 aliphatic heterocycles. The summed E-state index contributed by atoms with van der Waals surface area (Å²) in [6.07, 6.45) is 7.74. The van der Waals surface area contributed by atoms with Crippen molar-refractivity contribution in [2.24, 2.45) is 0 Å². The summed E-state index contributed by atoms with van der Waals surface area (Å²) in [5.41, 5.74) is 1.29. The molecule has 0 bridgehead atoms. The van der Waals surface area contributed by atoms with Crippen molar-refractivity contribution >= 4 is 11.7 Å². The molecule has 2 aromatic heterocycles. The van der Waals surface area contributed by atoms with Gasteiger partial charge in [-0.3, -0.25) is 14.7 Å². The van der Waals surface area contributed by atoms with Crippen molar-refractivity contribution in [1.29, 1.82) is 0 Å². The number of hydrogen-bond acceptors (Lipinski definition) is 5. The van der Waals surface area contributed by atoms with Gasteiger partial charge in [0.25, 0.3) is 0 Å². The molecule has 1 N–H and O–H groups in total. The quantitative estimate of drug-likeness (QED) is 0.621. The van der Waals surface area contributed by atoms with Crippen LogP contribution in [0.1, 0.15) is 30.9 Å². The number of pyridine rings is 1. The predicted octanol–water partition coefficient (Wildman–Crippen LogP) is 3.52. The Labute approximate surface area is 176 Å². The third-order valence-corrected chi connectivity index (χ3v) is 5.34. The minimum Gasteiger partial charge on any atom is -0.493 e. The minimum atomic E-state index is -0.0668. The monoisotopic (exact) mass is 405 g/mol. The summed E-state index contributed by atoms with van der Waals surface area (Å²) in [5.74, 6) is 1.46. The smallest absolute Gasteiger partial charge is 0.228 e. The average molecular weight is 406 g/mol. The molecule has 0 aliphatic carbocycles. The van der Waals surface area contributed by atoms with Gasteiger partial charge in [-0.25, -0.2) is 4.68 Å². The molecular formula is C23H27N5O2. The molecular weight excluding hydrogens is 378 g/mol. The number of hydrogen-bond donors (Lipinski definition) is 1. The highest BCUT2D eigenvalue weighted by atomic mass is 16.5. The number of anilines is 1. The Balaban J connectivity index is 1.24. The molecule has 3 heterocycles. The van der Waals surface area contributed by atoms with Crippen LogP contribution in [0.4, 0.5) is 5.82 Å². The van der Waals surface area contributed by atoms with Gasteiger partial charge in [0.1, 0.15) is 11.6 Å². The van der Waals surface area contributed by atoms with Crippen molar-refractivity contribution in [3.05, 3.63) is 72.7 Å². The van der Waals surface area contributed by atoms with Crippen molar-refractivity contribution in [2.45, 2.75) is 31.8 Å². The molecule has 7 nitrogen and oxygen atoms in total. The van der Waals surface area contributed by atoms with Crippen LogP contribution in [0, 0.1) is 0 Å². The normalized spacial score (nSPS) is 15.1. The van der Waals surface area contributed by atoms with Gasteiger partial charge in [-0.05, 0) is 42.7 Å². The molecule has 3 aromatic rings. The lowest BCUT2D eigenvalue weighted by molar-refractivity contribution is -0.116. The summed E-state index contributed by atoms with van der Waals surface area (Å²) < 4.78 is 7.57. The van der Waals surface area contributed by atoms with Crippen molar-refractivity contribution in [3.8, 4) is 5.75 Å². The molecule has 7 heteroatoms. The summed E-state index contributed by atoms with van der Waals surface area (Å²) in [7, 11) is 0. The van der Waals surface area contributed by atoms with Crippen LogP contribution >= 0.6 is 0 Å². The lowest BCUT2D eigenvalue weighted by atomic mass is 10.0. The van der Waals surface area contributed by atoms with E-state index in [9.17, 15) is 4.79 Å². The van der Waals surface area contributed by atoms with E-state index in [1.54, 1.807) is 6.20 Å². The van der Waals surface area contributed by atoms with Gasteiger partial charge in [-0.15, -0.1) is 0 Å². The van der Waals surface area contributed by atoms with E-state index in [0.717, 1.165) is 44.0 Å². The summed E-state index contributed by atoms with van der Waals surface area (Å²) in [4.78, 5) is 18.9. The van der Waals surface area contributed by atoms with Crippen molar-refractivity contribution in [2.75, 3.05) is 25.0 Å². The number of benzene rings is 1. The standard InChI is InChI=1S/C23H27N5O2/c29-23(11-17-30-21-4-2-1-3-5-21)26-22-8-14-25-28(22)20-9-15-27(16-10-20)18-19-6-12-24-13-7-19/h1-8,12-14,20H,9-11,15-18H2,(H,26,29). The molecule has 0 spiro atoms. The Morgan fingerprint density at radius 1 is 1.03 bits per heavy atom. The zero-order valence-corrected chi connectivity index (χ0v) is 17.0. The molecule has 30 heavy (non-hydrogen) atoms. The van der Waals surface area contributed by atoms with Gasteiger partial charge in [0.2, 0.25) is 5.91 Å². The fourth-order valence-electron chi connectivity index (χ4n) is 3.76. The number of ether oxygens (including phenoxy) is 1. The Kier molecular flexibility index (Phi) is 6.72.